The maximum absolute atomic E-state index is 6.14. The summed E-state index contributed by atoms with van der Waals surface area (Å²) in [5.41, 5.74) is 10.1. The first-order valence-electron chi connectivity index (χ1n) is 8.10. The smallest absolute Gasteiger partial charge is 0.0590 e. The SMILES string of the molecule is CCC(CC)N(CCOC)C(CN)c1cc(C)cc(C)c1. The van der Waals surface area contributed by atoms with Crippen LogP contribution in [0.3, 0.4) is 0 Å². The van der Waals surface area contributed by atoms with E-state index >= 15 is 0 Å². The van der Waals surface area contributed by atoms with Gasteiger partial charge in [0.2, 0.25) is 0 Å². The molecule has 0 aliphatic heterocycles. The topological polar surface area (TPSA) is 38.5 Å². The summed E-state index contributed by atoms with van der Waals surface area (Å²) in [4.78, 5) is 2.53. The largest absolute Gasteiger partial charge is 0.383 e. The van der Waals surface area contributed by atoms with Crippen molar-refractivity contribution in [3.05, 3.63) is 34.9 Å². The lowest BCUT2D eigenvalue weighted by Gasteiger charge is -2.37. The first-order chi connectivity index (χ1) is 10.1. The van der Waals surface area contributed by atoms with Crippen molar-refractivity contribution in [3.8, 4) is 0 Å². The molecule has 1 aromatic rings. The molecule has 0 saturated heterocycles. The van der Waals surface area contributed by atoms with Gasteiger partial charge in [0.1, 0.15) is 0 Å². The van der Waals surface area contributed by atoms with Gasteiger partial charge in [-0.1, -0.05) is 43.2 Å². The maximum atomic E-state index is 6.14. The summed E-state index contributed by atoms with van der Waals surface area (Å²) in [6.45, 7) is 11.1. The van der Waals surface area contributed by atoms with E-state index in [4.69, 9.17) is 10.5 Å². The number of nitrogens with two attached hydrogens (primary N) is 1. The van der Waals surface area contributed by atoms with Crippen molar-refractivity contribution >= 4 is 0 Å². The Morgan fingerprint density at radius 3 is 2.10 bits per heavy atom. The first kappa shape index (κ1) is 18.1. The molecular formula is C18H32N2O. The monoisotopic (exact) mass is 292 g/mol. The van der Waals surface area contributed by atoms with Crippen molar-refractivity contribution < 1.29 is 4.74 Å². The standard InChI is InChI=1S/C18H32N2O/c1-6-17(7-2)20(8-9-21-5)18(13-19)16-11-14(3)10-15(4)12-16/h10-12,17-18H,6-9,13,19H2,1-5H3. The number of hydrogen-bond donors (Lipinski definition) is 1. The molecule has 0 radical (unpaired) electrons. The van der Waals surface area contributed by atoms with Crippen LogP contribution in [0.2, 0.25) is 0 Å². The van der Waals surface area contributed by atoms with E-state index in [1.165, 1.54) is 16.7 Å². The average Bonchev–Trinajstić information content (AvgIpc) is 2.45. The van der Waals surface area contributed by atoms with Crippen LogP contribution in [0.4, 0.5) is 0 Å². The van der Waals surface area contributed by atoms with Gasteiger partial charge in [-0.25, -0.2) is 0 Å². The lowest BCUT2D eigenvalue weighted by molar-refractivity contribution is 0.0817. The molecule has 1 atom stereocenters. The van der Waals surface area contributed by atoms with Crippen molar-refractivity contribution in [3.63, 3.8) is 0 Å². The van der Waals surface area contributed by atoms with Crippen molar-refractivity contribution in [1.82, 2.24) is 4.90 Å². The van der Waals surface area contributed by atoms with Crippen LogP contribution in [0.1, 0.15) is 49.4 Å². The van der Waals surface area contributed by atoms with Crippen molar-refractivity contribution in [2.24, 2.45) is 5.73 Å². The fourth-order valence-corrected chi connectivity index (χ4v) is 3.21. The molecule has 2 N–H and O–H groups in total. The molecule has 0 fully saturated rings. The number of benzene rings is 1. The highest BCUT2D eigenvalue weighted by Gasteiger charge is 2.24. The summed E-state index contributed by atoms with van der Waals surface area (Å²) < 4.78 is 5.31. The molecule has 3 nitrogen and oxygen atoms in total. The number of aryl methyl sites for hydroxylation is 2. The Morgan fingerprint density at radius 1 is 1.10 bits per heavy atom. The van der Waals surface area contributed by atoms with E-state index in [-0.39, 0.29) is 6.04 Å². The number of hydrogen-bond acceptors (Lipinski definition) is 3. The normalized spacial score (nSPS) is 13.1. The van der Waals surface area contributed by atoms with Gasteiger partial charge in [-0.2, -0.15) is 0 Å². The second-order valence-electron chi connectivity index (χ2n) is 5.87. The molecule has 3 heteroatoms. The highest BCUT2D eigenvalue weighted by atomic mass is 16.5. The fraction of sp³-hybridized carbons (Fsp3) is 0.667. The molecule has 0 heterocycles. The van der Waals surface area contributed by atoms with Gasteiger partial charge in [0.25, 0.3) is 0 Å². The minimum Gasteiger partial charge on any atom is -0.383 e. The molecule has 1 aromatic carbocycles. The minimum absolute atomic E-state index is 0.267. The Kier molecular flexibility index (Phi) is 7.94. The molecule has 0 aromatic heterocycles. The molecule has 0 bridgehead atoms. The van der Waals surface area contributed by atoms with E-state index < -0.39 is 0 Å². The number of ether oxygens (including phenoxy) is 1. The van der Waals surface area contributed by atoms with Gasteiger partial charge in [-0.05, 0) is 32.3 Å². The summed E-state index contributed by atoms with van der Waals surface area (Å²) in [7, 11) is 1.76. The van der Waals surface area contributed by atoms with E-state index in [0.29, 0.717) is 12.6 Å². The Bertz CT molecular complexity index is 395. The summed E-state index contributed by atoms with van der Waals surface area (Å²) >= 11 is 0. The lowest BCUT2D eigenvalue weighted by atomic mass is 9.97. The molecule has 21 heavy (non-hydrogen) atoms. The van der Waals surface area contributed by atoms with Gasteiger partial charge >= 0.3 is 0 Å². The Morgan fingerprint density at radius 2 is 1.67 bits per heavy atom. The highest BCUT2D eigenvalue weighted by Crippen LogP contribution is 2.26. The van der Waals surface area contributed by atoms with Gasteiger partial charge in [0.05, 0.1) is 6.61 Å². The van der Waals surface area contributed by atoms with Gasteiger partial charge in [-0.15, -0.1) is 0 Å². The van der Waals surface area contributed by atoms with Crippen LogP contribution in [0, 0.1) is 13.8 Å². The van der Waals surface area contributed by atoms with Gasteiger partial charge in [-0.3, -0.25) is 4.90 Å². The maximum Gasteiger partial charge on any atom is 0.0590 e. The number of nitrogens with zero attached hydrogens (tertiary/aromatic N) is 1. The van der Waals surface area contributed by atoms with Crippen molar-refractivity contribution in [1.29, 1.82) is 0 Å². The van der Waals surface area contributed by atoms with Gasteiger partial charge < -0.3 is 10.5 Å². The summed E-state index contributed by atoms with van der Waals surface area (Å²) in [5, 5.41) is 0. The van der Waals surface area contributed by atoms with Crippen LogP contribution in [0.5, 0.6) is 0 Å². The van der Waals surface area contributed by atoms with E-state index in [1.54, 1.807) is 7.11 Å². The van der Waals surface area contributed by atoms with E-state index in [0.717, 1.165) is 26.0 Å². The van der Waals surface area contributed by atoms with Gasteiger partial charge in [0, 0.05) is 32.3 Å². The Balaban J connectivity index is 3.09. The molecular weight excluding hydrogens is 260 g/mol. The molecule has 1 unspecified atom stereocenters. The molecule has 1 rings (SSSR count). The third-order valence-corrected chi connectivity index (χ3v) is 4.22. The predicted molar refractivity (Wildman–Crippen MR) is 90.7 cm³/mol. The average molecular weight is 292 g/mol. The first-order valence-corrected chi connectivity index (χ1v) is 8.10. The third kappa shape index (κ3) is 5.10. The fourth-order valence-electron chi connectivity index (χ4n) is 3.21. The second kappa shape index (κ2) is 9.19. The summed E-state index contributed by atoms with van der Waals surface area (Å²) in [6.07, 6.45) is 2.28. The molecule has 0 aliphatic rings. The predicted octanol–water partition coefficient (Wildman–Crippen LogP) is 3.44. The van der Waals surface area contributed by atoms with Crippen LogP contribution in [-0.2, 0) is 4.74 Å². The second-order valence-corrected chi connectivity index (χ2v) is 5.87. The van der Waals surface area contributed by atoms with E-state index in [2.05, 4.69) is 50.8 Å². The molecule has 0 amide bonds. The minimum atomic E-state index is 0.267. The molecule has 0 saturated carbocycles. The number of rotatable bonds is 9. The Hall–Kier alpha value is -0.900. The highest BCUT2D eigenvalue weighted by molar-refractivity contribution is 5.31. The number of methoxy groups -OCH3 is 1. The third-order valence-electron chi connectivity index (χ3n) is 4.22. The van der Waals surface area contributed by atoms with E-state index in [1.807, 2.05) is 0 Å². The zero-order chi connectivity index (χ0) is 15.8. The zero-order valence-electron chi connectivity index (χ0n) is 14.4. The van der Waals surface area contributed by atoms with Crippen molar-refractivity contribution in [2.75, 3.05) is 26.8 Å². The lowest BCUT2D eigenvalue weighted by Crippen LogP contribution is -2.43. The Labute approximate surface area is 130 Å². The summed E-state index contributed by atoms with van der Waals surface area (Å²) in [6, 6.07) is 7.57. The quantitative estimate of drug-likeness (QED) is 0.757. The van der Waals surface area contributed by atoms with Crippen LogP contribution in [0.25, 0.3) is 0 Å². The van der Waals surface area contributed by atoms with Crippen LogP contribution in [0.15, 0.2) is 18.2 Å². The van der Waals surface area contributed by atoms with Crippen LogP contribution < -0.4 is 5.73 Å². The van der Waals surface area contributed by atoms with Crippen LogP contribution in [-0.4, -0.2) is 37.7 Å². The zero-order valence-corrected chi connectivity index (χ0v) is 14.4. The van der Waals surface area contributed by atoms with Crippen LogP contribution >= 0.6 is 0 Å². The van der Waals surface area contributed by atoms with Crippen molar-refractivity contribution in [2.45, 2.75) is 52.6 Å². The summed E-state index contributed by atoms with van der Waals surface area (Å²) in [5.74, 6) is 0. The van der Waals surface area contributed by atoms with E-state index in [9.17, 15) is 0 Å². The molecule has 0 aliphatic carbocycles. The molecule has 0 spiro atoms. The van der Waals surface area contributed by atoms with Gasteiger partial charge in [0.15, 0.2) is 0 Å². The molecule has 120 valence electrons.